The fourth-order valence-corrected chi connectivity index (χ4v) is 0.389. The Bertz CT molecular complexity index is 120. The summed E-state index contributed by atoms with van der Waals surface area (Å²) in [6.45, 7) is 6.10. The highest BCUT2D eigenvalue weighted by atomic mass is 32.1. The van der Waals surface area contributed by atoms with Crippen molar-refractivity contribution in [3.05, 3.63) is 11.1 Å². The first-order valence-corrected chi connectivity index (χ1v) is 2.90. The summed E-state index contributed by atoms with van der Waals surface area (Å²) in [5, 5.41) is 0. The van der Waals surface area contributed by atoms with Crippen molar-refractivity contribution in [1.29, 1.82) is 0 Å². The molecular formula is C6H11NS. The molecule has 0 saturated carbocycles. The van der Waals surface area contributed by atoms with Crippen molar-refractivity contribution in [2.45, 2.75) is 20.8 Å². The summed E-state index contributed by atoms with van der Waals surface area (Å²) in [7, 11) is 0. The molecule has 0 aliphatic rings. The van der Waals surface area contributed by atoms with Gasteiger partial charge in [-0.1, -0.05) is 5.57 Å². The van der Waals surface area contributed by atoms with Gasteiger partial charge in [-0.15, -0.1) is 0 Å². The van der Waals surface area contributed by atoms with Crippen LogP contribution in [-0.2, 0) is 0 Å². The van der Waals surface area contributed by atoms with Crippen LogP contribution in [0, 0.1) is 0 Å². The van der Waals surface area contributed by atoms with Gasteiger partial charge >= 0.3 is 0 Å². The minimum absolute atomic E-state index is 1.18. The molecule has 0 amide bonds. The standard InChI is InChI=1S/C6H11NS/c1-5(2)6(3)4-7-8/h4,8H,1-3H3/b7-4-. The van der Waals surface area contributed by atoms with Gasteiger partial charge in [0.2, 0.25) is 0 Å². The maximum atomic E-state index is 3.69. The van der Waals surface area contributed by atoms with E-state index >= 15 is 0 Å². The van der Waals surface area contributed by atoms with Gasteiger partial charge in [-0.3, -0.25) is 0 Å². The lowest BCUT2D eigenvalue weighted by Crippen LogP contribution is -1.78. The minimum Gasteiger partial charge on any atom is -0.228 e. The van der Waals surface area contributed by atoms with Crippen molar-refractivity contribution in [3.8, 4) is 0 Å². The van der Waals surface area contributed by atoms with Crippen molar-refractivity contribution in [2.75, 3.05) is 0 Å². The van der Waals surface area contributed by atoms with E-state index in [1.165, 1.54) is 11.1 Å². The van der Waals surface area contributed by atoms with Gasteiger partial charge in [-0.25, -0.2) is 4.40 Å². The van der Waals surface area contributed by atoms with E-state index in [1.54, 1.807) is 6.21 Å². The lowest BCUT2D eigenvalue weighted by molar-refractivity contribution is 1.33. The van der Waals surface area contributed by atoms with Crippen LogP contribution in [0.4, 0.5) is 0 Å². The summed E-state index contributed by atoms with van der Waals surface area (Å²) in [5.41, 5.74) is 2.46. The van der Waals surface area contributed by atoms with Crippen molar-refractivity contribution in [1.82, 2.24) is 0 Å². The smallest absolute Gasteiger partial charge is 0.0377 e. The number of hydrogen-bond acceptors (Lipinski definition) is 2. The number of rotatable bonds is 1. The van der Waals surface area contributed by atoms with Crippen molar-refractivity contribution in [2.24, 2.45) is 4.40 Å². The molecule has 0 spiro atoms. The first-order chi connectivity index (χ1) is 3.68. The Hall–Kier alpha value is -0.240. The average molecular weight is 129 g/mol. The Kier molecular flexibility index (Phi) is 3.61. The molecule has 0 radical (unpaired) electrons. The van der Waals surface area contributed by atoms with Crippen LogP contribution in [0.2, 0.25) is 0 Å². The second-order valence-corrected chi connectivity index (χ2v) is 2.16. The van der Waals surface area contributed by atoms with Crippen LogP contribution >= 0.6 is 12.8 Å². The second-order valence-electron chi connectivity index (χ2n) is 1.93. The molecule has 0 fully saturated rings. The number of nitrogens with zero attached hydrogens (tertiary/aromatic N) is 1. The van der Waals surface area contributed by atoms with Gasteiger partial charge < -0.3 is 0 Å². The SMILES string of the molecule is CC(C)=C(C)/C=N\S. The predicted octanol–water partition coefficient (Wildman–Crippen LogP) is 2.26. The molecule has 0 bridgehead atoms. The molecule has 2 heteroatoms. The number of thiol groups is 1. The van der Waals surface area contributed by atoms with E-state index in [9.17, 15) is 0 Å². The summed E-state index contributed by atoms with van der Waals surface area (Å²) < 4.78 is 3.57. The first kappa shape index (κ1) is 7.76. The van der Waals surface area contributed by atoms with Crippen molar-refractivity contribution in [3.63, 3.8) is 0 Å². The third-order valence-corrected chi connectivity index (χ3v) is 1.16. The topological polar surface area (TPSA) is 12.4 Å². The Morgan fingerprint density at radius 3 is 2.00 bits per heavy atom. The molecule has 0 N–H and O–H groups in total. The molecule has 8 heavy (non-hydrogen) atoms. The van der Waals surface area contributed by atoms with Gasteiger partial charge in [-0.05, 0) is 39.2 Å². The molecule has 0 aliphatic carbocycles. The van der Waals surface area contributed by atoms with Gasteiger partial charge in [0.1, 0.15) is 0 Å². The third kappa shape index (κ3) is 2.86. The fraction of sp³-hybridized carbons (Fsp3) is 0.500. The van der Waals surface area contributed by atoms with E-state index < -0.39 is 0 Å². The predicted molar refractivity (Wildman–Crippen MR) is 41.5 cm³/mol. The molecular weight excluding hydrogens is 118 g/mol. The van der Waals surface area contributed by atoms with Crippen molar-refractivity contribution >= 4 is 19.0 Å². The Morgan fingerprint density at radius 1 is 1.38 bits per heavy atom. The molecule has 0 aromatic rings. The quantitative estimate of drug-likeness (QED) is 0.412. The number of allylic oxidation sites excluding steroid dienone is 2. The van der Waals surface area contributed by atoms with Gasteiger partial charge in [0.15, 0.2) is 0 Å². The Morgan fingerprint density at radius 2 is 1.88 bits per heavy atom. The van der Waals surface area contributed by atoms with Gasteiger partial charge in [0.25, 0.3) is 0 Å². The molecule has 0 saturated heterocycles. The normalized spacial score (nSPS) is 10.0. The van der Waals surface area contributed by atoms with Gasteiger partial charge in [0, 0.05) is 6.21 Å². The van der Waals surface area contributed by atoms with Crippen LogP contribution in [0.5, 0.6) is 0 Å². The molecule has 0 heterocycles. The molecule has 46 valence electrons. The summed E-state index contributed by atoms with van der Waals surface area (Å²) in [5.74, 6) is 0. The first-order valence-electron chi connectivity index (χ1n) is 2.50. The van der Waals surface area contributed by atoms with Crippen LogP contribution in [0.15, 0.2) is 15.5 Å². The molecule has 0 aromatic carbocycles. The van der Waals surface area contributed by atoms with Crippen LogP contribution in [0.1, 0.15) is 20.8 Å². The van der Waals surface area contributed by atoms with E-state index in [1.807, 2.05) is 20.8 Å². The summed E-state index contributed by atoms with van der Waals surface area (Å²) >= 11 is 3.69. The molecule has 1 nitrogen and oxygen atoms in total. The Labute approximate surface area is 56.1 Å². The highest BCUT2D eigenvalue weighted by molar-refractivity contribution is 7.78. The molecule has 0 rings (SSSR count). The minimum atomic E-state index is 1.18. The van der Waals surface area contributed by atoms with Crippen LogP contribution in [-0.4, -0.2) is 6.21 Å². The monoisotopic (exact) mass is 129 g/mol. The van der Waals surface area contributed by atoms with Crippen LogP contribution in [0.3, 0.4) is 0 Å². The largest absolute Gasteiger partial charge is 0.228 e. The second kappa shape index (κ2) is 3.72. The fourth-order valence-electron chi connectivity index (χ4n) is 0.216. The molecule has 0 aliphatic heterocycles. The summed E-state index contributed by atoms with van der Waals surface area (Å²) in [4.78, 5) is 0. The van der Waals surface area contributed by atoms with E-state index in [-0.39, 0.29) is 0 Å². The van der Waals surface area contributed by atoms with Crippen molar-refractivity contribution < 1.29 is 0 Å². The molecule has 0 unspecified atom stereocenters. The van der Waals surface area contributed by atoms with Gasteiger partial charge in [0.05, 0.1) is 0 Å². The zero-order valence-corrected chi connectivity index (χ0v) is 6.37. The zero-order valence-electron chi connectivity index (χ0n) is 5.47. The van der Waals surface area contributed by atoms with Crippen LogP contribution < -0.4 is 0 Å². The highest BCUT2D eigenvalue weighted by Crippen LogP contribution is 1.97. The summed E-state index contributed by atoms with van der Waals surface area (Å²) in [6.07, 6.45) is 1.73. The van der Waals surface area contributed by atoms with E-state index in [0.29, 0.717) is 0 Å². The van der Waals surface area contributed by atoms with E-state index in [4.69, 9.17) is 0 Å². The average Bonchev–Trinajstić information content (AvgIpc) is 1.67. The van der Waals surface area contributed by atoms with Crippen LogP contribution in [0.25, 0.3) is 0 Å². The maximum Gasteiger partial charge on any atom is 0.0377 e. The zero-order chi connectivity index (χ0) is 6.57. The lowest BCUT2D eigenvalue weighted by atomic mass is 10.2. The highest BCUT2D eigenvalue weighted by Gasteiger charge is 1.82. The van der Waals surface area contributed by atoms with E-state index in [2.05, 4.69) is 17.2 Å². The molecule has 0 atom stereocenters. The third-order valence-electron chi connectivity index (χ3n) is 1.04. The Balaban J connectivity index is 4.00. The maximum absolute atomic E-state index is 3.69. The molecule has 0 aromatic heterocycles. The summed E-state index contributed by atoms with van der Waals surface area (Å²) in [6, 6.07) is 0. The van der Waals surface area contributed by atoms with Gasteiger partial charge in [-0.2, -0.15) is 0 Å². The van der Waals surface area contributed by atoms with E-state index in [0.717, 1.165) is 0 Å². The lowest BCUT2D eigenvalue weighted by Gasteiger charge is -1.90. The number of hydrogen-bond donors (Lipinski definition) is 1.